The fraction of sp³-hybridized carbons (Fsp3) is 0.920. The number of unbranched alkanes of at least 4 members (excludes halogenated alkanes) is 13. The minimum Gasteiger partial charge on any atom is -0.466 e. The molecule has 1 atom stereocenters. The first-order valence-electron chi connectivity index (χ1n) is 12.6. The lowest BCUT2D eigenvalue weighted by atomic mass is 9.87. The second-order valence-electron chi connectivity index (χ2n) is 9.41. The SMILES string of the molecule is CCCCCCCCCCCCCCCCOC(=O)CCNC(=O)C(O)C(C)(C)CO. The van der Waals surface area contributed by atoms with Gasteiger partial charge >= 0.3 is 5.97 Å². The molecule has 0 aromatic rings. The zero-order valence-electron chi connectivity index (χ0n) is 20.4. The van der Waals surface area contributed by atoms with E-state index in [9.17, 15) is 19.8 Å². The molecule has 0 aliphatic heterocycles. The molecule has 6 nitrogen and oxygen atoms in total. The summed E-state index contributed by atoms with van der Waals surface area (Å²) in [6.45, 7) is 5.69. The van der Waals surface area contributed by atoms with Gasteiger partial charge in [-0.05, 0) is 6.42 Å². The largest absolute Gasteiger partial charge is 0.466 e. The van der Waals surface area contributed by atoms with E-state index in [1.54, 1.807) is 13.8 Å². The quantitative estimate of drug-likeness (QED) is 0.173. The third kappa shape index (κ3) is 17.1. The van der Waals surface area contributed by atoms with Gasteiger partial charge < -0.3 is 20.3 Å². The standard InChI is InChI=1S/C25H49NO5/c1-4-5-6-7-8-9-10-11-12-13-14-15-16-17-20-31-22(28)18-19-26-24(30)23(29)25(2,3)21-27/h23,27,29H,4-21H2,1-3H3,(H,26,30). The molecule has 1 amide bonds. The second-order valence-corrected chi connectivity index (χ2v) is 9.41. The van der Waals surface area contributed by atoms with Gasteiger partial charge in [-0.25, -0.2) is 0 Å². The molecule has 0 aromatic carbocycles. The highest BCUT2D eigenvalue weighted by atomic mass is 16.5. The molecule has 0 spiro atoms. The number of hydrogen-bond donors (Lipinski definition) is 3. The van der Waals surface area contributed by atoms with Crippen molar-refractivity contribution in [3.63, 3.8) is 0 Å². The molecule has 0 fully saturated rings. The molecule has 0 rings (SSSR count). The molecule has 3 N–H and O–H groups in total. The number of hydrogen-bond acceptors (Lipinski definition) is 5. The molecule has 0 radical (unpaired) electrons. The van der Waals surface area contributed by atoms with Gasteiger partial charge in [-0.1, -0.05) is 104 Å². The summed E-state index contributed by atoms with van der Waals surface area (Å²) >= 11 is 0. The lowest BCUT2D eigenvalue weighted by Crippen LogP contribution is -2.46. The maximum Gasteiger partial charge on any atom is 0.307 e. The van der Waals surface area contributed by atoms with Gasteiger partial charge in [0.2, 0.25) is 5.91 Å². The number of rotatable bonds is 21. The Morgan fingerprint density at radius 2 is 1.29 bits per heavy atom. The highest BCUT2D eigenvalue weighted by Gasteiger charge is 2.32. The van der Waals surface area contributed by atoms with Crippen LogP contribution in [-0.4, -0.2) is 48.0 Å². The fourth-order valence-corrected chi connectivity index (χ4v) is 3.38. The summed E-state index contributed by atoms with van der Waals surface area (Å²) in [5.41, 5.74) is -0.918. The molecule has 0 saturated carbocycles. The van der Waals surface area contributed by atoms with E-state index in [0.717, 1.165) is 12.8 Å². The minimum atomic E-state index is -1.32. The van der Waals surface area contributed by atoms with E-state index >= 15 is 0 Å². The molecule has 31 heavy (non-hydrogen) atoms. The molecule has 0 heterocycles. The lowest BCUT2D eigenvalue weighted by molar-refractivity contribution is -0.144. The summed E-state index contributed by atoms with van der Waals surface area (Å²) in [6.07, 6.45) is 16.8. The van der Waals surface area contributed by atoms with E-state index in [1.807, 2.05) is 0 Å². The normalized spacial score (nSPS) is 12.5. The van der Waals surface area contributed by atoms with Crippen LogP contribution in [0.25, 0.3) is 0 Å². The van der Waals surface area contributed by atoms with Crippen LogP contribution in [0, 0.1) is 5.41 Å². The van der Waals surface area contributed by atoms with Gasteiger partial charge in [0.05, 0.1) is 19.6 Å². The van der Waals surface area contributed by atoms with Crippen molar-refractivity contribution in [1.29, 1.82) is 0 Å². The number of carbonyl (C=O) groups is 2. The smallest absolute Gasteiger partial charge is 0.307 e. The average molecular weight is 444 g/mol. The summed E-state index contributed by atoms with van der Waals surface area (Å²) in [5.74, 6) is -0.926. The maximum atomic E-state index is 11.8. The number of aliphatic hydroxyl groups is 2. The summed E-state index contributed by atoms with van der Waals surface area (Å²) in [4.78, 5) is 23.5. The average Bonchev–Trinajstić information content (AvgIpc) is 2.75. The molecular weight excluding hydrogens is 394 g/mol. The van der Waals surface area contributed by atoms with Crippen LogP contribution in [-0.2, 0) is 14.3 Å². The number of nitrogens with one attached hydrogen (secondary N) is 1. The summed E-state index contributed by atoms with van der Waals surface area (Å²) in [6, 6.07) is 0. The predicted octanol–water partition coefficient (Wildman–Crippen LogP) is 4.90. The van der Waals surface area contributed by atoms with E-state index in [-0.39, 0.29) is 25.5 Å². The van der Waals surface area contributed by atoms with Crippen molar-refractivity contribution in [2.45, 2.75) is 123 Å². The Hall–Kier alpha value is -1.14. The van der Waals surface area contributed by atoms with Gasteiger partial charge in [0, 0.05) is 12.0 Å². The van der Waals surface area contributed by atoms with E-state index in [4.69, 9.17) is 4.74 Å². The maximum absolute atomic E-state index is 11.8. The van der Waals surface area contributed by atoms with Gasteiger partial charge in [0.1, 0.15) is 6.10 Å². The number of ether oxygens (including phenoxy) is 1. The summed E-state index contributed by atoms with van der Waals surface area (Å²) < 4.78 is 5.19. The zero-order valence-corrected chi connectivity index (χ0v) is 20.4. The van der Waals surface area contributed by atoms with Crippen molar-refractivity contribution in [3.8, 4) is 0 Å². The highest BCUT2D eigenvalue weighted by molar-refractivity contribution is 5.81. The van der Waals surface area contributed by atoms with E-state index in [0.29, 0.717) is 6.61 Å². The first kappa shape index (κ1) is 29.9. The van der Waals surface area contributed by atoms with Crippen molar-refractivity contribution in [2.24, 2.45) is 5.41 Å². The van der Waals surface area contributed by atoms with Crippen LogP contribution < -0.4 is 5.32 Å². The fourth-order valence-electron chi connectivity index (χ4n) is 3.38. The third-order valence-electron chi connectivity index (χ3n) is 5.79. The van der Waals surface area contributed by atoms with E-state index in [1.165, 1.54) is 77.0 Å². The molecule has 0 bridgehead atoms. The molecular formula is C25H49NO5. The Balaban J connectivity index is 3.43. The Bertz CT molecular complexity index is 453. The first-order valence-corrected chi connectivity index (χ1v) is 12.6. The lowest BCUT2D eigenvalue weighted by Gasteiger charge is -2.27. The van der Waals surface area contributed by atoms with Crippen molar-refractivity contribution >= 4 is 11.9 Å². The van der Waals surface area contributed by atoms with E-state index in [2.05, 4.69) is 12.2 Å². The van der Waals surface area contributed by atoms with Crippen molar-refractivity contribution in [1.82, 2.24) is 5.32 Å². The van der Waals surface area contributed by atoms with Crippen LogP contribution in [0.15, 0.2) is 0 Å². The van der Waals surface area contributed by atoms with Gasteiger partial charge in [-0.2, -0.15) is 0 Å². The van der Waals surface area contributed by atoms with Gasteiger partial charge in [-0.3, -0.25) is 9.59 Å². The number of carbonyl (C=O) groups excluding carboxylic acids is 2. The zero-order chi connectivity index (χ0) is 23.4. The Kier molecular flexibility index (Phi) is 18.8. The van der Waals surface area contributed by atoms with Crippen LogP contribution in [0.2, 0.25) is 0 Å². The monoisotopic (exact) mass is 443 g/mol. The summed E-state index contributed by atoms with van der Waals surface area (Å²) in [7, 11) is 0. The van der Waals surface area contributed by atoms with Crippen molar-refractivity contribution < 1.29 is 24.5 Å². The Labute approximate surface area is 190 Å². The second kappa shape index (κ2) is 19.5. The van der Waals surface area contributed by atoms with E-state index < -0.39 is 17.4 Å². The summed E-state index contributed by atoms with van der Waals surface area (Å²) in [5, 5.41) is 21.6. The molecule has 0 aliphatic rings. The van der Waals surface area contributed by atoms with Gasteiger partial charge in [-0.15, -0.1) is 0 Å². The molecule has 184 valence electrons. The van der Waals surface area contributed by atoms with Crippen molar-refractivity contribution in [3.05, 3.63) is 0 Å². The first-order chi connectivity index (χ1) is 14.8. The number of amides is 1. The molecule has 0 saturated heterocycles. The minimum absolute atomic E-state index is 0.0800. The van der Waals surface area contributed by atoms with Crippen LogP contribution in [0.3, 0.4) is 0 Å². The molecule has 1 unspecified atom stereocenters. The Morgan fingerprint density at radius 3 is 1.74 bits per heavy atom. The number of aliphatic hydroxyl groups excluding tert-OH is 2. The molecule has 6 heteroatoms. The van der Waals surface area contributed by atoms with Gasteiger partial charge in [0.15, 0.2) is 0 Å². The van der Waals surface area contributed by atoms with Crippen LogP contribution in [0.1, 0.15) is 117 Å². The topological polar surface area (TPSA) is 95.9 Å². The molecule has 0 aromatic heterocycles. The van der Waals surface area contributed by atoms with Crippen LogP contribution in [0.5, 0.6) is 0 Å². The van der Waals surface area contributed by atoms with Crippen LogP contribution in [0.4, 0.5) is 0 Å². The Morgan fingerprint density at radius 1 is 0.839 bits per heavy atom. The number of esters is 1. The van der Waals surface area contributed by atoms with Crippen LogP contribution >= 0.6 is 0 Å². The van der Waals surface area contributed by atoms with Crippen molar-refractivity contribution in [2.75, 3.05) is 19.8 Å². The molecule has 0 aliphatic carbocycles. The van der Waals surface area contributed by atoms with Gasteiger partial charge in [0.25, 0.3) is 0 Å². The highest BCUT2D eigenvalue weighted by Crippen LogP contribution is 2.19. The predicted molar refractivity (Wildman–Crippen MR) is 126 cm³/mol. The third-order valence-corrected chi connectivity index (χ3v) is 5.79.